The zero-order valence-electron chi connectivity index (χ0n) is 23.2. The number of fused-ring (bicyclic) bond motifs is 1. The van der Waals surface area contributed by atoms with Crippen LogP contribution in [0.15, 0.2) is 41.3 Å². The first-order valence-corrected chi connectivity index (χ1v) is 18.2. The molecule has 1 atom stereocenters. The minimum atomic E-state index is -3.93. The Morgan fingerprint density at radius 1 is 0.778 bits per heavy atom. The van der Waals surface area contributed by atoms with Gasteiger partial charge in [-0.3, -0.25) is 0 Å². The van der Waals surface area contributed by atoms with E-state index in [1.165, 1.54) is 0 Å². The topological polar surface area (TPSA) is 72.8 Å². The summed E-state index contributed by atoms with van der Waals surface area (Å²) in [7, 11) is -3.93. The van der Waals surface area contributed by atoms with Gasteiger partial charge in [0.25, 0.3) is 0 Å². The molecule has 0 radical (unpaired) electrons. The van der Waals surface area contributed by atoms with Crippen LogP contribution < -0.4 is 4.74 Å². The molecule has 0 saturated carbocycles. The standard InChI is InChI=1S/C29H49O5PS/c1-6-10-18-35(19-11-7-2,20-12-8-3,21-13-9-4)34-36(31,32)29-17-15-26-22-28(33-24-25(5)30)16-14-27(26)23-29/h14-17,22-23,25,30H,6-13,18-21,24H2,1-5H3. The molecule has 36 heavy (non-hydrogen) atoms. The number of ether oxygens (including phenoxy) is 1. The van der Waals surface area contributed by atoms with Gasteiger partial charge in [0, 0.05) is 0 Å². The van der Waals surface area contributed by atoms with Gasteiger partial charge in [-0.2, -0.15) is 0 Å². The second-order valence-corrected chi connectivity index (χ2v) is 18.0. The number of aliphatic hydroxyl groups excluding tert-OH is 1. The van der Waals surface area contributed by atoms with Crippen molar-refractivity contribution < 1.29 is 22.2 Å². The van der Waals surface area contributed by atoms with Crippen molar-refractivity contribution >= 4 is 27.7 Å². The van der Waals surface area contributed by atoms with Gasteiger partial charge >= 0.3 is 220 Å². The van der Waals surface area contributed by atoms with E-state index in [2.05, 4.69) is 27.7 Å². The summed E-state index contributed by atoms with van der Waals surface area (Å²) in [5, 5.41) is 11.2. The molecule has 0 amide bonds. The van der Waals surface area contributed by atoms with E-state index in [-0.39, 0.29) is 11.5 Å². The Labute approximate surface area is 220 Å². The van der Waals surface area contributed by atoms with Crippen molar-refractivity contribution in [2.24, 2.45) is 0 Å². The second kappa shape index (κ2) is 14.1. The van der Waals surface area contributed by atoms with Gasteiger partial charge in [-0.15, -0.1) is 0 Å². The molecular formula is C29H49O5PS. The molecular weight excluding hydrogens is 491 g/mol. The van der Waals surface area contributed by atoms with Crippen LogP contribution in [0.5, 0.6) is 5.75 Å². The van der Waals surface area contributed by atoms with Crippen molar-refractivity contribution in [2.75, 3.05) is 31.3 Å². The van der Waals surface area contributed by atoms with E-state index < -0.39 is 23.1 Å². The van der Waals surface area contributed by atoms with Crippen LogP contribution in [0.1, 0.15) is 86.0 Å². The third kappa shape index (κ3) is 8.41. The summed E-state index contributed by atoms with van der Waals surface area (Å²) in [5.41, 5.74) is 0. The van der Waals surface area contributed by atoms with Crippen LogP contribution in [0, 0.1) is 0 Å². The van der Waals surface area contributed by atoms with Crippen LogP contribution in [0.3, 0.4) is 0 Å². The number of benzene rings is 2. The SMILES string of the molecule is CCCCP(CCCC)(CCCC)(CCCC)OS(=O)(=O)c1ccc2cc(OCC(C)O)ccc2c1. The van der Waals surface area contributed by atoms with Crippen LogP contribution in [0.4, 0.5) is 0 Å². The van der Waals surface area contributed by atoms with Gasteiger partial charge in [0.2, 0.25) is 0 Å². The normalized spacial score (nSPS) is 14.4. The van der Waals surface area contributed by atoms with Gasteiger partial charge in [0.05, 0.1) is 0 Å². The van der Waals surface area contributed by atoms with Crippen LogP contribution in [-0.2, 0) is 14.1 Å². The van der Waals surface area contributed by atoms with Crippen LogP contribution in [0.2, 0.25) is 0 Å². The van der Waals surface area contributed by atoms with Crippen molar-refractivity contribution in [3.8, 4) is 5.75 Å². The monoisotopic (exact) mass is 540 g/mol. The van der Waals surface area contributed by atoms with E-state index in [0.29, 0.717) is 5.75 Å². The number of rotatable bonds is 18. The average molecular weight is 541 g/mol. The molecule has 5 nitrogen and oxygen atoms in total. The first-order valence-electron chi connectivity index (χ1n) is 13.9. The first kappa shape index (κ1) is 31.0. The van der Waals surface area contributed by atoms with Gasteiger partial charge < -0.3 is 0 Å². The summed E-state index contributed by atoms with van der Waals surface area (Å²) in [4.78, 5) is 0.239. The minimum absolute atomic E-state index is 0.212. The summed E-state index contributed by atoms with van der Waals surface area (Å²) in [5.74, 6) is 0.651. The van der Waals surface area contributed by atoms with E-state index in [9.17, 15) is 13.5 Å². The molecule has 7 heteroatoms. The molecule has 1 N–H and O–H groups in total. The predicted molar refractivity (Wildman–Crippen MR) is 155 cm³/mol. The number of hydrogen-bond acceptors (Lipinski definition) is 5. The Kier molecular flexibility index (Phi) is 12.1. The summed E-state index contributed by atoms with van der Waals surface area (Å²) >= 11 is 0. The summed E-state index contributed by atoms with van der Waals surface area (Å²) in [6.45, 7) is 7.64. The van der Waals surface area contributed by atoms with Crippen molar-refractivity contribution in [1.29, 1.82) is 0 Å². The molecule has 206 valence electrons. The van der Waals surface area contributed by atoms with E-state index in [1.54, 1.807) is 19.1 Å². The van der Waals surface area contributed by atoms with Crippen LogP contribution in [-0.4, -0.2) is 50.9 Å². The van der Waals surface area contributed by atoms with Gasteiger partial charge in [-0.25, -0.2) is 0 Å². The van der Waals surface area contributed by atoms with Crippen molar-refractivity contribution in [2.45, 2.75) is 97.0 Å². The Hall–Kier alpha value is -1.20. The molecule has 0 saturated heterocycles. The first-order chi connectivity index (χ1) is 17.1. The quantitative estimate of drug-likeness (QED) is 0.194. The fourth-order valence-electron chi connectivity index (χ4n) is 5.04. The maximum atomic E-state index is 14.0. The number of hydrogen-bond donors (Lipinski definition) is 1. The average Bonchev–Trinajstić information content (AvgIpc) is 2.87. The molecule has 0 fully saturated rings. The van der Waals surface area contributed by atoms with E-state index in [4.69, 9.17) is 8.71 Å². The van der Waals surface area contributed by atoms with E-state index in [0.717, 1.165) is 86.8 Å². The Balaban J connectivity index is 2.51. The van der Waals surface area contributed by atoms with Gasteiger partial charge in [-0.1, -0.05) is 0 Å². The predicted octanol–water partition coefficient (Wildman–Crippen LogP) is 7.97. The van der Waals surface area contributed by atoms with Gasteiger partial charge in [0.15, 0.2) is 0 Å². The third-order valence-corrected chi connectivity index (χ3v) is 16.3. The fourth-order valence-corrected chi connectivity index (χ4v) is 15.1. The molecule has 0 aliphatic carbocycles. The van der Waals surface area contributed by atoms with Crippen molar-refractivity contribution in [1.82, 2.24) is 0 Å². The molecule has 0 aliphatic rings. The van der Waals surface area contributed by atoms with Gasteiger partial charge in [-0.05, 0) is 0 Å². The van der Waals surface area contributed by atoms with Crippen molar-refractivity contribution in [3.63, 3.8) is 0 Å². The second-order valence-electron chi connectivity index (χ2n) is 10.5. The molecule has 2 aromatic rings. The summed E-state index contributed by atoms with van der Waals surface area (Å²) in [6.07, 6.45) is 11.3. The number of aliphatic hydroxyl groups is 1. The molecule has 1 unspecified atom stereocenters. The zero-order chi connectivity index (χ0) is 26.7. The number of unbranched alkanes of at least 4 members (excludes halogenated alkanes) is 4. The molecule has 0 aromatic heterocycles. The van der Waals surface area contributed by atoms with Crippen LogP contribution in [0.25, 0.3) is 10.8 Å². The Morgan fingerprint density at radius 2 is 1.25 bits per heavy atom. The maximum absolute atomic E-state index is 14.0. The molecule has 0 aliphatic heterocycles. The van der Waals surface area contributed by atoms with E-state index in [1.807, 2.05) is 24.3 Å². The van der Waals surface area contributed by atoms with Gasteiger partial charge in [0.1, 0.15) is 0 Å². The van der Waals surface area contributed by atoms with Crippen LogP contribution >= 0.6 is 6.83 Å². The molecule has 0 spiro atoms. The van der Waals surface area contributed by atoms with E-state index >= 15 is 0 Å². The Morgan fingerprint density at radius 3 is 1.72 bits per heavy atom. The summed E-state index contributed by atoms with van der Waals surface area (Å²) < 4.78 is 40.2. The molecule has 0 bridgehead atoms. The third-order valence-electron chi connectivity index (χ3n) is 7.18. The summed E-state index contributed by atoms with van der Waals surface area (Å²) in [6, 6.07) is 10.8. The Bertz CT molecular complexity index is 1010. The van der Waals surface area contributed by atoms with Crippen molar-refractivity contribution in [3.05, 3.63) is 36.4 Å². The zero-order valence-corrected chi connectivity index (χ0v) is 24.9. The molecule has 0 heterocycles. The molecule has 2 aromatic carbocycles. The fraction of sp³-hybridized carbons (Fsp3) is 0.655. The molecule has 2 rings (SSSR count).